The zero-order valence-electron chi connectivity index (χ0n) is 22.5. The van der Waals surface area contributed by atoms with Gasteiger partial charge in [-0.25, -0.2) is 14.6 Å². The van der Waals surface area contributed by atoms with Gasteiger partial charge in [-0.1, -0.05) is 48.6 Å². The fourth-order valence-electron chi connectivity index (χ4n) is 4.01. The highest BCUT2D eigenvalue weighted by atomic mass is 16.6. The van der Waals surface area contributed by atoms with Crippen LogP contribution in [0.1, 0.15) is 52.1 Å². The van der Waals surface area contributed by atoms with Crippen molar-refractivity contribution < 1.29 is 28.6 Å². The lowest BCUT2D eigenvalue weighted by atomic mass is 10.1. The summed E-state index contributed by atoms with van der Waals surface area (Å²) in [6.45, 7) is 7.81. The van der Waals surface area contributed by atoms with Gasteiger partial charge in [0.05, 0.1) is 32.7 Å². The van der Waals surface area contributed by atoms with Crippen molar-refractivity contribution in [2.24, 2.45) is 4.99 Å². The minimum atomic E-state index is -0.996. The molecule has 0 saturated heterocycles. The lowest BCUT2D eigenvalue weighted by Gasteiger charge is -2.27. The number of nitrogens with zero attached hydrogens (tertiary/aromatic N) is 2. The number of hydrogen-bond donors (Lipinski definition) is 2. The van der Waals surface area contributed by atoms with E-state index in [4.69, 9.17) is 14.2 Å². The molecule has 38 heavy (non-hydrogen) atoms. The number of carbonyl (C=O) groups is 3. The Hall–Kier alpha value is -3.66. The van der Waals surface area contributed by atoms with Crippen LogP contribution in [0.15, 0.2) is 59.1 Å². The molecule has 0 aromatic heterocycles. The summed E-state index contributed by atoms with van der Waals surface area (Å²) in [6.07, 6.45) is 8.09. The molecule has 0 fully saturated rings. The van der Waals surface area contributed by atoms with E-state index >= 15 is 0 Å². The summed E-state index contributed by atoms with van der Waals surface area (Å²) in [5.74, 6) is -0.869. The van der Waals surface area contributed by atoms with E-state index in [-0.39, 0.29) is 19.8 Å². The van der Waals surface area contributed by atoms with Crippen molar-refractivity contribution in [3.63, 3.8) is 0 Å². The van der Waals surface area contributed by atoms with Crippen LogP contribution in [0, 0.1) is 0 Å². The number of aliphatic imine (C=N–C) groups is 1. The average Bonchev–Trinajstić information content (AvgIpc) is 3.31. The molecule has 0 bridgehead atoms. The molecule has 10 heteroatoms. The van der Waals surface area contributed by atoms with Gasteiger partial charge in [-0.3, -0.25) is 4.79 Å². The fourth-order valence-corrected chi connectivity index (χ4v) is 4.01. The molecule has 3 unspecified atom stereocenters. The summed E-state index contributed by atoms with van der Waals surface area (Å²) in [4.78, 5) is 44.5. The smallest absolute Gasteiger partial charge is 0.408 e. The van der Waals surface area contributed by atoms with Gasteiger partial charge in [0, 0.05) is 0 Å². The van der Waals surface area contributed by atoms with Gasteiger partial charge in [-0.2, -0.15) is 0 Å². The van der Waals surface area contributed by atoms with Crippen molar-refractivity contribution in [1.82, 2.24) is 15.5 Å². The van der Waals surface area contributed by atoms with Gasteiger partial charge < -0.3 is 29.7 Å². The Morgan fingerprint density at radius 2 is 1.95 bits per heavy atom. The summed E-state index contributed by atoms with van der Waals surface area (Å²) in [7, 11) is 0. The highest BCUT2D eigenvalue weighted by molar-refractivity contribution is 5.86. The number of ether oxygens (including phenoxy) is 3. The molecule has 1 aliphatic heterocycles. The number of carbonyl (C=O) groups excluding carboxylic acids is 3. The van der Waals surface area contributed by atoms with Crippen LogP contribution < -0.4 is 10.6 Å². The highest BCUT2D eigenvalue weighted by Crippen LogP contribution is 2.24. The average molecular weight is 527 g/mol. The van der Waals surface area contributed by atoms with Crippen LogP contribution in [0.2, 0.25) is 0 Å². The quantitative estimate of drug-likeness (QED) is 0.425. The van der Waals surface area contributed by atoms with Crippen molar-refractivity contribution >= 4 is 24.3 Å². The van der Waals surface area contributed by atoms with Gasteiger partial charge in [-0.05, 0) is 51.7 Å². The first-order valence-corrected chi connectivity index (χ1v) is 12.9. The van der Waals surface area contributed by atoms with E-state index in [2.05, 4.69) is 21.7 Å². The molecule has 3 rings (SSSR count). The number of amides is 2. The molecule has 1 aromatic carbocycles. The Kier molecular flexibility index (Phi) is 10.5. The monoisotopic (exact) mass is 526 g/mol. The van der Waals surface area contributed by atoms with Crippen LogP contribution >= 0.6 is 0 Å². The number of esters is 1. The second-order valence-corrected chi connectivity index (χ2v) is 10.1. The second kappa shape index (κ2) is 13.8. The maximum Gasteiger partial charge on any atom is 0.408 e. The van der Waals surface area contributed by atoms with E-state index < -0.39 is 41.8 Å². The van der Waals surface area contributed by atoms with Crippen molar-refractivity contribution in [1.29, 1.82) is 0 Å². The van der Waals surface area contributed by atoms with Gasteiger partial charge in [0.25, 0.3) is 0 Å². The minimum Gasteiger partial charge on any atom is -0.464 e. The molecule has 1 aliphatic carbocycles. The number of allylic oxidation sites excluding steroid dienone is 3. The Labute approximate surface area is 224 Å². The Bertz CT molecular complexity index is 1050. The molecule has 1 heterocycles. The van der Waals surface area contributed by atoms with E-state index in [1.165, 1.54) is 6.34 Å². The number of hydrogen-bond acceptors (Lipinski definition) is 8. The maximum absolute atomic E-state index is 13.2. The lowest BCUT2D eigenvalue weighted by Crippen LogP contribution is -2.53. The molecule has 0 spiro atoms. The topological polar surface area (TPSA) is 119 Å². The summed E-state index contributed by atoms with van der Waals surface area (Å²) < 4.78 is 16.4. The van der Waals surface area contributed by atoms with E-state index in [1.54, 1.807) is 32.6 Å². The first kappa shape index (κ1) is 28.9. The van der Waals surface area contributed by atoms with Gasteiger partial charge in [0.2, 0.25) is 5.91 Å². The number of benzene rings is 1. The van der Waals surface area contributed by atoms with Gasteiger partial charge in [0.15, 0.2) is 6.04 Å². The normalized spacial score (nSPS) is 18.4. The lowest BCUT2D eigenvalue weighted by molar-refractivity contribution is -0.148. The second-order valence-electron chi connectivity index (χ2n) is 10.1. The van der Waals surface area contributed by atoms with Crippen LogP contribution in [0.25, 0.3) is 0 Å². The fraction of sp³-hybridized carbons (Fsp3) is 0.500. The molecule has 2 N–H and O–H groups in total. The minimum absolute atomic E-state index is 0.0399. The predicted molar refractivity (Wildman–Crippen MR) is 143 cm³/mol. The first-order valence-electron chi connectivity index (χ1n) is 12.9. The molecule has 10 nitrogen and oxygen atoms in total. The molecule has 2 amide bonds. The van der Waals surface area contributed by atoms with Crippen molar-refractivity contribution in [2.75, 3.05) is 26.4 Å². The van der Waals surface area contributed by atoms with Crippen LogP contribution in [0.3, 0.4) is 0 Å². The van der Waals surface area contributed by atoms with Gasteiger partial charge >= 0.3 is 12.1 Å². The summed E-state index contributed by atoms with van der Waals surface area (Å²) in [5.41, 5.74) is 1.15. The van der Waals surface area contributed by atoms with Crippen LogP contribution in [0.5, 0.6) is 0 Å². The largest absolute Gasteiger partial charge is 0.464 e. The third kappa shape index (κ3) is 9.02. The first-order chi connectivity index (χ1) is 18.2. The molecule has 206 valence electrons. The number of alkyl carbamates (subject to hydrolysis) is 1. The van der Waals surface area contributed by atoms with Crippen molar-refractivity contribution in [2.45, 2.75) is 64.4 Å². The number of nitrogens with one attached hydrogen (secondary N) is 2. The van der Waals surface area contributed by atoms with Crippen LogP contribution in [0.4, 0.5) is 4.79 Å². The van der Waals surface area contributed by atoms with Crippen molar-refractivity contribution in [3.8, 4) is 0 Å². The van der Waals surface area contributed by atoms with Gasteiger partial charge in [-0.15, -0.1) is 0 Å². The molecule has 0 radical (unpaired) electrons. The predicted octanol–water partition coefficient (Wildman–Crippen LogP) is 3.26. The van der Waals surface area contributed by atoms with E-state index in [0.717, 1.165) is 24.0 Å². The zero-order valence-corrected chi connectivity index (χ0v) is 22.5. The summed E-state index contributed by atoms with van der Waals surface area (Å²) >= 11 is 0. The van der Waals surface area contributed by atoms with E-state index in [0.29, 0.717) is 6.61 Å². The summed E-state index contributed by atoms with van der Waals surface area (Å²) in [5, 5.41) is 5.44. The summed E-state index contributed by atoms with van der Waals surface area (Å²) in [6, 6.07) is 7.56. The van der Waals surface area contributed by atoms with Crippen LogP contribution in [-0.2, 0) is 23.8 Å². The standard InChI is InChI=1S/C28H38N4O6/c1-5-37-26(34)24(21-14-10-7-11-15-21)32-16-23(29-19-32)31-25(33)22(30-27(35)38-28(2,3)4)18-36-17-20-12-8-6-9-13-20/h6-8,10-12,14-15,19,22-24H,5,9,13,16-18H2,1-4H3,(H,30,35)(H,31,33). The molecule has 2 aliphatic rings. The van der Waals surface area contributed by atoms with E-state index in [1.807, 2.05) is 42.5 Å². The molecule has 3 atom stereocenters. The molecular formula is C28H38N4O6. The Morgan fingerprint density at radius 3 is 2.61 bits per heavy atom. The third-order valence-electron chi connectivity index (χ3n) is 5.72. The Balaban J connectivity index is 1.63. The zero-order chi connectivity index (χ0) is 27.5. The van der Waals surface area contributed by atoms with Gasteiger partial charge in [0.1, 0.15) is 17.8 Å². The maximum atomic E-state index is 13.2. The highest BCUT2D eigenvalue weighted by Gasteiger charge is 2.34. The molecule has 0 saturated carbocycles. The van der Waals surface area contributed by atoms with Crippen molar-refractivity contribution in [3.05, 3.63) is 59.7 Å². The third-order valence-corrected chi connectivity index (χ3v) is 5.72. The Morgan fingerprint density at radius 1 is 1.18 bits per heavy atom. The number of rotatable bonds is 11. The molecular weight excluding hydrogens is 488 g/mol. The SMILES string of the molecule is CCOC(=O)C(c1ccccc1)N1C=NC(NC(=O)C(COCC2=CC=CCC2)NC(=O)OC(C)(C)C)C1. The van der Waals surface area contributed by atoms with E-state index in [9.17, 15) is 14.4 Å². The van der Waals surface area contributed by atoms with Crippen LogP contribution in [-0.4, -0.2) is 73.4 Å². The molecule has 1 aromatic rings.